The first kappa shape index (κ1) is 16.6. The van der Waals surface area contributed by atoms with Gasteiger partial charge < -0.3 is 9.64 Å². The Kier molecular flexibility index (Phi) is 4.40. The molecule has 0 aromatic heterocycles. The van der Waals surface area contributed by atoms with Crippen molar-refractivity contribution in [3.8, 4) is 5.75 Å². The molecule has 22 heavy (non-hydrogen) atoms. The maximum absolute atomic E-state index is 12.4. The van der Waals surface area contributed by atoms with Crippen LogP contribution in [0.2, 0.25) is 0 Å². The maximum Gasteiger partial charge on any atom is 0.416 e. The smallest absolute Gasteiger partial charge is 0.416 e. The van der Waals surface area contributed by atoms with Gasteiger partial charge in [-0.2, -0.15) is 13.2 Å². The Morgan fingerprint density at radius 2 is 1.91 bits per heavy atom. The van der Waals surface area contributed by atoms with Gasteiger partial charge in [0.1, 0.15) is 5.75 Å². The molecule has 0 saturated carbocycles. The van der Waals surface area contributed by atoms with Crippen LogP contribution >= 0.6 is 0 Å². The molecule has 0 radical (unpaired) electrons. The molecular formula is C16H20F3NO2. The van der Waals surface area contributed by atoms with Crippen molar-refractivity contribution < 1.29 is 22.7 Å². The summed E-state index contributed by atoms with van der Waals surface area (Å²) in [6.07, 6.45) is -4.37. The number of carbonyl (C=O) groups excluding carboxylic acids is 1. The lowest BCUT2D eigenvalue weighted by Crippen LogP contribution is -2.34. The minimum absolute atomic E-state index is 0.0734. The van der Waals surface area contributed by atoms with Gasteiger partial charge in [-0.3, -0.25) is 4.79 Å². The first-order chi connectivity index (χ1) is 10.1. The van der Waals surface area contributed by atoms with E-state index in [1.54, 1.807) is 4.90 Å². The van der Waals surface area contributed by atoms with Gasteiger partial charge in [-0.1, -0.05) is 20.8 Å². The molecule has 1 amide bonds. The topological polar surface area (TPSA) is 29.5 Å². The van der Waals surface area contributed by atoms with Gasteiger partial charge >= 0.3 is 6.18 Å². The van der Waals surface area contributed by atoms with Crippen LogP contribution in [-0.4, -0.2) is 30.5 Å². The minimum Gasteiger partial charge on any atom is -0.484 e. The van der Waals surface area contributed by atoms with Crippen molar-refractivity contribution in [2.45, 2.75) is 26.9 Å². The first-order valence-electron chi connectivity index (χ1n) is 7.17. The Morgan fingerprint density at radius 1 is 1.32 bits per heavy atom. The Bertz CT molecular complexity index is 537. The fraction of sp³-hybridized carbons (Fsp3) is 0.562. The third kappa shape index (κ3) is 3.72. The highest BCUT2D eigenvalue weighted by Gasteiger charge is 2.38. The highest BCUT2D eigenvalue weighted by molar-refractivity contribution is 5.78. The molecule has 0 bridgehead atoms. The van der Waals surface area contributed by atoms with Crippen LogP contribution in [0.1, 0.15) is 26.3 Å². The molecule has 1 aliphatic heterocycles. The number of amides is 1. The number of halogens is 3. The van der Waals surface area contributed by atoms with E-state index < -0.39 is 11.7 Å². The molecule has 1 fully saturated rings. The third-order valence-electron chi connectivity index (χ3n) is 4.32. The normalized spacial score (nSPS) is 21.0. The standard InChI is InChI=1S/C16H20F3NO2/c1-11-8-20(10-15(11,2)3)14(21)9-22-13-6-4-12(5-7-13)16(17,18)19/h4-7,11H,8-10H2,1-3H3. The van der Waals surface area contributed by atoms with E-state index in [0.29, 0.717) is 19.0 Å². The molecular weight excluding hydrogens is 295 g/mol. The molecule has 1 unspecified atom stereocenters. The molecule has 0 aliphatic carbocycles. The van der Waals surface area contributed by atoms with Crippen molar-refractivity contribution in [2.24, 2.45) is 11.3 Å². The Hall–Kier alpha value is -1.72. The number of hydrogen-bond acceptors (Lipinski definition) is 2. The van der Waals surface area contributed by atoms with Gasteiger partial charge in [0.15, 0.2) is 6.61 Å². The molecule has 1 heterocycles. The van der Waals surface area contributed by atoms with E-state index in [0.717, 1.165) is 12.1 Å². The van der Waals surface area contributed by atoms with Crippen LogP contribution in [0.4, 0.5) is 13.2 Å². The molecule has 122 valence electrons. The SMILES string of the molecule is CC1CN(C(=O)COc2ccc(C(F)(F)F)cc2)CC1(C)C. The maximum atomic E-state index is 12.4. The van der Waals surface area contributed by atoms with Gasteiger partial charge in [0, 0.05) is 13.1 Å². The number of alkyl halides is 3. The number of likely N-dealkylation sites (tertiary alicyclic amines) is 1. The summed E-state index contributed by atoms with van der Waals surface area (Å²) >= 11 is 0. The van der Waals surface area contributed by atoms with Gasteiger partial charge in [0.05, 0.1) is 5.56 Å². The van der Waals surface area contributed by atoms with Crippen LogP contribution in [-0.2, 0) is 11.0 Å². The second kappa shape index (κ2) is 5.82. The van der Waals surface area contributed by atoms with E-state index >= 15 is 0 Å². The highest BCUT2D eigenvalue weighted by atomic mass is 19.4. The van der Waals surface area contributed by atoms with Gasteiger partial charge in [0.25, 0.3) is 5.91 Å². The largest absolute Gasteiger partial charge is 0.484 e. The second-order valence-electron chi connectivity index (χ2n) is 6.47. The van der Waals surface area contributed by atoms with Crippen molar-refractivity contribution in [1.82, 2.24) is 4.90 Å². The molecule has 6 heteroatoms. The Labute approximate surface area is 128 Å². The van der Waals surface area contributed by atoms with Gasteiger partial charge in [-0.25, -0.2) is 0 Å². The summed E-state index contributed by atoms with van der Waals surface area (Å²) in [4.78, 5) is 13.8. The first-order valence-corrected chi connectivity index (χ1v) is 7.17. The zero-order chi connectivity index (χ0) is 16.5. The van der Waals surface area contributed by atoms with E-state index in [1.807, 2.05) is 0 Å². The Morgan fingerprint density at radius 3 is 2.36 bits per heavy atom. The lowest BCUT2D eigenvalue weighted by Gasteiger charge is -2.22. The molecule has 1 aromatic rings. The van der Waals surface area contributed by atoms with Crippen LogP contribution < -0.4 is 4.74 Å². The zero-order valence-corrected chi connectivity index (χ0v) is 12.9. The second-order valence-corrected chi connectivity index (χ2v) is 6.47. The summed E-state index contributed by atoms with van der Waals surface area (Å²) in [6.45, 7) is 7.52. The zero-order valence-electron chi connectivity index (χ0n) is 12.9. The Balaban J connectivity index is 1.89. The number of benzene rings is 1. The van der Waals surface area contributed by atoms with Gasteiger partial charge in [0.2, 0.25) is 0 Å². The van der Waals surface area contributed by atoms with Crippen LogP contribution in [0.3, 0.4) is 0 Å². The van der Waals surface area contributed by atoms with Crippen LogP contribution in [0.5, 0.6) is 5.75 Å². The van der Waals surface area contributed by atoms with Crippen molar-refractivity contribution in [1.29, 1.82) is 0 Å². The molecule has 1 aliphatic rings. The van der Waals surface area contributed by atoms with E-state index in [9.17, 15) is 18.0 Å². The van der Waals surface area contributed by atoms with E-state index in [4.69, 9.17) is 4.74 Å². The third-order valence-corrected chi connectivity index (χ3v) is 4.32. The van der Waals surface area contributed by atoms with E-state index in [-0.39, 0.29) is 23.7 Å². The summed E-state index contributed by atoms with van der Waals surface area (Å²) in [5.41, 5.74) is -0.661. The molecule has 0 spiro atoms. The van der Waals surface area contributed by atoms with Crippen molar-refractivity contribution in [3.63, 3.8) is 0 Å². The fourth-order valence-corrected chi connectivity index (χ4v) is 2.46. The summed E-state index contributed by atoms with van der Waals surface area (Å²) < 4.78 is 42.6. The quantitative estimate of drug-likeness (QED) is 0.853. The summed E-state index contributed by atoms with van der Waals surface area (Å²) in [5, 5.41) is 0. The predicted molar refractivity (Wildman–Crippen MR) is 76.5 cm³/mol. The minimum atomic E-state index is -4.37. The number of hydrogen-bond donors (Lipinski definition) is 0. The van der Waals surface area contributed by atoms with Crippen LogP contribution in [0.25, 0.3) is 0 Å². The average molecular weight is 315 g/mol. The lowest BCUT2D eigenvalue weighted by atomic mass is 9.84. The number of carbonyl (C=O) groups is 1. The number of rotatable bonds is 3. The average Bonchev–Trinajstić information content (AvgIpc) is 2.70. The fourth-order valence-electron chi connectivity index (χ4n) is 2.46. The van der Waals surface area contributed by atoms with Crippen LogP contribution in [0.15, 0.2) is 24.3 Å². The van der Waals surface area contributed by atoms with Crippen LogP contribution in [0, 0.1) is 11.3 Å². The predicted octanol–water partition coefficient (Wildman–Crippen LogP) is 3.59. The van der Waals surface area contributed by atoms with E-state index in [2.05, 4.69) is 20.8 Å². The van der Waals surface area contributed by atoms with E-state index in [1.165, 1.54) is 12.1 Å². The molecule has 3 nitrogen and oxygen atoms in total. The molecule has 0 N–H and O–H groups in total. The molecule has 2 rings (SSSR count). The monoisotopic (exact) mass is 315 g/mol. The molecule has 1 saturated heterocycles. The number of ether oxygens (including phenoxy) is 1. The van der Waals surface area contributed by atoms with Crippen molar-refractivity contribution in [2.75, 3.05) is 19.7 Å². The lowest BCUT2D eigenvalue weighted by molar-refractivity contribution is -0.137. The summed E-state index contributed by atoms with van der Waals surface area (Å²) in [6, 6.07) is 4.35. The molecule has 1 aromatic carbocycles. The van der Waals surface area contributed by atoms with Gasteiger partial charge in [-0.05, 0) is 35.6 Å². The summed E-state index contributed by atoms with van der Waals surface area (Å²) in [7, 11) is 0. The number of nitrogens with zero attached hydrogens (tertiary/aromatic N) is 1. The summed E-state index contributed by atoms with van der Waals surface area (Å²) in [5.74, 6) is 0.521. The van der Waals surface area contributed by atoms with Crippen molar-refractivity contribution >= 4 is 5.91 Å². The van der Waals surface area contributed by atoms with Crippen molar-refractivity contribution in [3.05, 3.63) is 29.8 Å². The highest BCUT2D eigenvalue weighted by Crippen LogP contribution is 2.34. The van der Waals surface area contributed by atoms with Gasteiger partial charge in [-0.15, -0.1) is 0 Å². The molecule has 1 atom stereocenters.